The second-order valence-corrected chi connectivity index (χ2v) is 9.34. The molecule has 0 saturated carbocycles. The molecule has 0 atom stereocenters. The molecule has 0 aliphatic carbocycles. The van der Waals surface area contributed by atoms with E-state index in [1.54, 1.807) is 0 Å². The van der Waals surface area contributed by atoms with Crippen LogP contribution in [0.3, 0.4) is 0 Å². The summed E-state index contributed by atoms with van der Waals surface area (Å²) in [6.07, 6.45) is 2.03. The van der Waals surface area contributed by atoms with E-state index in [0.29, 0.717) is 15.7 Å². The van der Waals surface area contributed by atoms with Crippen LogP contribution in [0.2, 0.25) is 0 Å². The zero-order chi connectivity index (χ0) is 20.7. The Balaban J connectivity index is 1.43. The molecule has 1 aliphatic rings. The van der Waals surface area contributed by atoms with Crippen molar-refractivity contribution in [1.82, 2.24) is 20.1 Å². The number of nitrogens with one attached hydrogen (secondary N) is 1. The van der Waals surface area contributed by atoms with Crippen molar-refractivity contribution < 1.29 is 4.79 Å². The van der Waals surface area contributed by atoms with Crippen LogP contribution < -0.4 is 11.1 Å². The number of anilines is 2. The summed E-state index contributed by atoms with van der Waals surface area (Å²) in [4.78, 5) is 21.3. The summed E-state index contributed by atoms with van der Waals surface area (Å²) in [5, 5.41) is 13.2. The summed E-state index contributed by atoms with van der Waals surface area (Å²) in [6.45, 7) is 1.90. The molecule has 0 spiro atoms. The lowest BCUT2D eigenvalue weighted by Gasteiger charge is -2.13. The third-order valence-electron chi connectivity index (χ3n) is 5.16. The van der Waals surface area contributed by atoms with Crippen molar-refractivity contribution in [1.29, 1.82) is 0 Å². The molecular formula is C21H20N6OS2. The number of thiophene rings is 1. The smallest absolute Gasteiger partial charge is 0.269 e. The lowest BCUT2D eigenvalue weighted by atomic mass is 10.1. The summed E-state index contributed by atoms with van der Waals surface area (Å²) in [6, 6.07) is 11.9. The molecule has 0 unspecified atom stereocenters. The van der Waals surface area contributed by atoms with E-state index < -0.39 is 0 Å². The predicted molar refractivity (Wildman–Crippen MR) is 122 cm³/mol. The fourth-order valence-corrected chi connectivity index (χ4v) is 5.39. The van der Waals surface area contributed by atoms with Crippen LogP contribution in [-0.4, -0.2) is 39.6 Å². The van der Waals surface area contributed by atoms with Gasteiger partial charge >= 0.3 is 0 Å². The highest BCUT2D eigenvalue weighted by molar-refractivity contribution is 7.21. The Morgan fingerprint density at radius 2 is 2.03 bits per heavy atom. The molecule has 3 aromatic heterocycles. The fraction of sp³-hybridized carbons (Fsp3) is 0.238. The molecular weight excluding hydrogens is 416 g/mol. The van der Waals surface area contributed by atoms with E-state index in [2.05, 4.69) is 33.5 Å². The molecule has 30 heavy (non-hydrogen) atoms. The number of benzene rings is 1. The lowest BCUT2D eigenvalue weighted by Crippen LogP contribution is -2.17. The summed E-state index contributed by atoms with van der Waals surface area (Å²) in [7, 11) is 2.11. The molecule has 1 amide bonds. The maximum Gasteiger partial charge on any atom is 0.269 e. The number of nitrogens with two attached hydrogens (primary N) is 1. The van der Waals surface area contributed by atoms with Crippen LogP contribution in [0.4, 0.5) is 10.8 Å². The van der Waals surface area contributed by atoms with Gasteiger partial charge in [-0.25, -0.2) is 4.98 Å². The number of rotatable bonds is 3. The van der Waals surface area contributed by atoms with E-state index >= 15 is 0 Å². The van der Waals surface area contributed by atoms with Gasteiger partial charge < -0.3 is 10.6 Å². The van der Waals surface area contributed by atoms with E-state index in [1.807, 2.05) is 30.3 Å². The monoisotopic (exact) mass is 436 g/mol. The molecule has 0 saturated heterocycles. The maximum atomic E-state index is 12.9. The molecule has 4 heterocycles. The molecule has 1 aromatic carbocycles. The van der Waals surface area contributed by atoms with Gasteiger partial charge in [0, 0.05) is 23.2 Å². The number of pyridine rings is 1. The number of fused-ring (bicyclic) bond motifs is 2. The molecule has 0 bridgehead atoms. The Hall–Kier alpha value is -2.88. The minimum Gasteiger partial charge on any atom is -0.397 e. The van der Waals surface area contributed by atoms with Crippen LogP contribution in [-0.2, 0) is 13.0 Å². The first kappa shape index (κ1) is 19.1. The van der Waals surface area contributed by atoms with Gasteiger partial charge in [-0.1, -0.05) is 41.7 Å². The highest BCUT2D eigenvalue weighted by Crippen LogP contribution is 2.35. The average Bonchev–Trinajstić information content (AvgIpc) is 3.28. The van der Waals surface area contributed by atoms with Crippen LogP contribution in [0.5, 0.6) is 0 Å². The van der Waals surface area contributed by atoms with Gasteiger partial charge in [0.15, 0.2) is 0 Å². The van der Waals surface area contributed by atoms with Crippen molar-refractivity contribution in [2.24, 2.45) is 0 Å². The van der Waals surface area contributed by atoms with Gasteiger partial charge in [-0.05, 0) is 38.1 Å². The zero-order valence-corrected chi connectivity index (χ0v) is 18.0. The number of hydrogen-bond donors (Lipinski definition) is 2. The number of carbonyl (C=O) groups is 1. The van der Waals surface area contributed by atoms with Gasteiger partial charge in [0.2, 0.25) is 5.13 Å². The molecule has 0 radical (unpaired) electrons. The van der Waals surface area contributed by atoms with Crippen molar-refractivity contribution >= 4 is 49.6 Å². The van der Waals surface area contributed by atoms with E-state index in [-0.39, 0.29) is 5.91 Å². The van der Waals surface area contributed by atoms with Crippen molar-refractivity contribution in [2.45, 2.75) is 19.4 Å². The third kappa shape index (κ3) is 3.55. The van der Waals surface area contributed by atoms with Crippen LogP contribution in [0.25, 0.3) is 20.8 Å². The molecule has 152 valence electrons. The van der Waals surface area contributed by atoms with Crippen molar-refractivity contribution in [3.8, 4) is 10.6 Å². The predicted octanol–water partition coefficient (Wildman–Crippen LogP) is 4.03. The van der Waals surface area contributed by atoms with Crippen LogP contribution in [0.15, 0.2) is 36.4 Å². The second kappa shape index (κ2) is 7.75. The van der Waals surface area contributed by atoms with Gasteiger partial charge in [-0.2, -0.15) is 0 Å². The van der Waals surface area contributed by atoms with Gasteiger partial charge in [0.05, 0.1) is 5.69 Å². The number of nitrogens with zero attached hydrogens (tertiary/aromatic N) is 4. The maximum absolute atomic E-state index is 12.9. The Morgan fingerprint density at radius 1 is 1.20 bits per heavy atom. The molecule has 3 N–H and O–H groups in total. The molecule has 9 heteroatoms. The SMILES string of the molecule is CN1CCCc2nc3sc(C(=O)Nc4nnc(-c5ccccc5)s4)c(N)c3cc2C1. The van der Waals surface area contributed by atoms with Crippen LogP contribution >= 0.6 is 22.7 Å². The van der Waals surface area contributed by atoms with E-state index in [9.17, 15) is 4.79 Å². The Morgan fingerprint density at radius 3 is 2.87 bits per heavy atom. The first-order valence-corrected chi connectivity index (χ1v) is 11.3. The van der Waals surface area contributed by atoms with Crippen molar-refractivity contribution in [3.63, 3.8) is 0 Å². The second-order valence-electron chi connectivity index (χ2n) is 7.37. The number of aryl methyl sites for hydroxylation is 1. The van der Waals surface area contributed by atoms with Gasteiger partial charge in [0.1, 0.15) is 14.7 Å². The topological polar surface area (TPSA) is 97.0 Å². The van der Waals surface area contributed by atoms with Crippen molar-refractivity contribution in [2.75, 3.05) is 24.6 Å². The quantitative estimate of drug-likeness (QED) is 0.503. The molecule has 0 fully saturated rings. The van der Waals surface area contributed by atoms with E-state index in [1.165, 1.54) is 28.2 Å². The average molecular weight is 437 g/mol. The molecule has 1 aliphatic heterocycles. The number of amides is 1. The Kier molecular flexibility index (Phi) is 4.93. The summed E-state index contributed by atoms with van der Waals surface area (Å²) in [5.41, 5.74) is 10.1. The summed E-state index contributed by atoms with van der Waals surface area (Å²) in [5.74, 6) is -0.279. The lowest BCUT2D eigenvalue weighted by molar-refractivity contribution is 0.103. The van der Waals surface area contributed by atoms with Crippen LogP contribution in [0.1, 0.15) is 27.3 Å². The third-order valence-corrected chi connectivity index (χ3v) is 7.16. The number of nitrogen functional groups attached to an aromatic ring is 1. The first-order chi connectivity index (χ1) is 14.6. The molecule has 7 nitrogen and oxygen atoms in total. The Bertz CT molecular complexity index is 1230. The van der Waals surface area contributed by atoms with Gasteiger partial charge in [-0.3, -0.25) is 10.1 Å². The summed E-state index contributed by atoms with van der Waals surface area (Å²) >= 11 is 2.66. The number of aromatic nitrogens is 3. The van der Waals surface area contributed by atoms with E-state index in [4.69, 9.17) is 10.7 Å². The number of hydrogen-bond acceptors (Lipinski definition) is 8. The number of carbonyl (C=O) groups excluding carboxylic acids is 1. The zero-order valence-electron chi connectivity index (χ0n) is 16.4. The standard InChI is InChI=1S/C21H20N6OS2/c1-27-9-5-8-15-13(11-27)10-14-16(22)17(29-20(14)23-15)18(28)24-21-26-25-19(30-21)12-6-3-2-4-7-12/h2-4,6-7,10H,5,8-9,11,22H2,1H3,(H,24,26,28). The summed E-state index contributed by atoms with van der Waals surface area (Å²) < 4.78 is 0. The largest absolute Gasteiger partial charge is 0.397 e. The normalized spacial score (nSPS) is 14.4. The molecule has 4 aromatic rings. The highest BCUT2D eigenvalue weighted by Gasteiger charge is 2.22. The van der Waals surface area contributed by atoms with Gasteiger partial charge in [-0.15, -0.1) is 21.5 Å². The first-order valence-electron chi connectivity index (χ1n) is 9.68. The Labute approximate surface area is 181 Å². The molecule has 5 rings (SSSR count). The van der Waals surface area contributed by atoms with Gasteiger partial charge in [0.25, 0.3) is 5.91 Å². The van der Waals surface area contributed by atoms with E-state index in [0.717, 1.165) is 52.4 Å². The fourth-order valence-electron chi connectivity index (χ4n) is 3.65. The van der Waals surface area contributed by atoms with Crippen LogP contribution in [0, 0.1) is 0 Å². The minimum atomic E-state index is -0.279. The minimum absolute atomic E-state index is 0.279. The highest BCUT2D eigenvalue weighted by atomic mass is 32.1. The van der Waals surface area contributed by atoms with Crippen molar-refractivity contribution in [3.05, 3.63) is 52.5 Å².